The van der Waals surface area contributed by atoms with E-state index in [9.17, 15) is 22.4 Å². The second kappa shape index (κ2) is 9.31. The zero-order chi connectivity index (χ0) is 23.5. The molecule has 2 fully saturated rings. The Morgan fingerprint density at radius 2 is 2.00 bits per heavy atom. The number of carboxylic acids is 1. The van der Waals surface area contributed by atoms with Gasteiger partial charge in [-0.25, -0.2) is 14.2 Å². The van der Waals surface area contributed by atoms with Crippen molar-refractivity contribution in [2.24, 2.45) is 0 Å². The van der Waals surface area contributed by atoms with E-state index in [1.165, 1.54) is 12.3 Å². The molecule has 2 aliphatic rings. The summed E-state index contributed by atoms with van der Waals surface area (Å²) in [6, 6.07) is 4.75. The van der Waals surface area contributed by atoms with Gasteiger partial charge in [-0.15, -0.1) is 11.8 Å². The van der Waals surface area contributed by atoms with Crippen LogP contribution in [-0.2, 0) is 4.79 Å². The van der Waals surface area contributed by atoms with E-state index in [-0.39, 0.29) is 22.6 Å². The molecular formula is C20H19F4N3O4S. The fraction of sp³-hybridized carbons (Fsp3) is 0.400. The average Bonchev–Trinajstić information content (AvgIpc) is 3.12. The highest BCUT2D eigenvalue weighted by Crippen LogP contribution is 2.46. The molecule has 4 rings (SSSR count). The Hall–Kier alpha value is -2.89. The van der Waals surface area contributed by atoms with Crippen LogP contribution in [0.3, 0.4) is 0 Å². The molecule has 0 bridgehead atoms. The summed E-state index contributed by atoms with van der Waals surface area (Å²) in [5.41, 5.74) is 1.60. The summed E-state index contributed by atoms with van der Waals surface area (Å²) in [5.74, 6) is -2.34. The first kappa shape index (κ1) is 23.8. The third-order valence-corrected chi connectivity index (χ3v) is 6.36. The number of hydrogen-bond donors (Lipinski definition) is 1. The topological polar surface area (TPSA) is 92.6 Å². The predicted octanol–water partition coefficient (Wildman–Crippen LogP) is 3.34. The summed E-state index contributed by atoms with van der Waals surface area (Å²) in [5, 5.41) is 7.12. The molecule has 0 aromatic carbocycles. The molecule has 7 nitrogen and oxygen atoms in total. The van der Waals surface area contributed by atoms with E-state index >= 15 is 0 Å². The van der Waals surface area contributed by atoms with Crippen LogP contribution in [0.15, 0.2) is 36.8 Å². The van der Waals surface area contributed by atoms with Crippen molar-refractivity contribution in [3.05, 3.63) is 53.7 Å². The number of likely N-dealkylation sites (tertiary alicyclic amines) is 1. The van der Waals surface area contributed by atoms with Gasteiger partial charge in [0.15, 0.2) is 5.82 Å². The summed E-state index contributed by atoms with van der Waals surface area (Å²) < 4.78 is 51.1. The molecule has 0 aliphatic carbocycles. The molecule has 0 radical (unpaired) electrons. The molecule has 2 saturated heterocycles. The molecule has 1 N–H and O–H groups in total. The Labute approximate surface area is 184 Å². The highest BCUT2D eigenvalue weighted by atomic mass is 32.2. The van der Waals surface area contributed by atoms with Gasteiger partial charge in [0, 0.05) is 43.9 Å². The van der Waals surface area contributed by atoms with Gasteiger partial charge in [-0.2, -0.15) is 13.2 Å². The minimum atomic E-state index is -5.08. The molecule has 2 aromatic heterocycles. The SMILES string of the molecule is Cc1cncc(C(=O)N2CC3(CC(Oc4ncccc4F)CS3)C2)c1.O=C(O)C(F)(F)F. The van der Waals surface area contributed by atoms with Crippen molar-refractivity contribution in [3.63, 3.8) is 0 Å². The number of thioether (sulfide) groups is 1. The highest BCUT2D eigenvalue weighted by Gasteiger charge is 2.51. The Balaban J connectivity index is 0.000000360. The van der Waals surface area contributed by atoms with Gasteiger partial charge in [-0.05, 0) is 30.7 Å². The van der Waals surface area contributed by atoms with E-state index in [2.05, 4.69) is 9.97 Å². The van der Waals surface area contributed by atoms with Gasteiger partial charge in [-0.3, -0.25) is 9.78 Å². The second-order valence-corrected chi connectivity index (χ2v) is 8.93. The molecule has 172 valence electrons. The van der Waals surface area contributed by atoms with Crippen LogP contribution in [-0.4, -0.2) is 67.7 Å². The summed E-state index contributed by atoms with van der Waals surface area (Å²) in [6.45, 7) is 3.30. The fourth-order valence-corrected chi connectivity index (χ4v) is 4.89. The molecule has 2 aliphatic heterocycles. The van der Waals surface area contributed by atoms with E-state index in [1.54, 1.807) is 30.2 Å². The molecule has 32 heavy (non-hydrogen) atoms. The molecule has 1 atom stereocenters. The van der Waals surface area contributed by atoms with E-state index in [1.807, 2.05) is 17.9 Å². The maximum atomic E-state index is 13.7. The van der Waals surface area contributed by atoms with Gasteiger partial charge in [0.25, 0.3) is 11.8 Å². The predicted molar refractivity (Wildman–Crippen MR) is 107 cm³/mol. The lowest BCUT2D eigenvalue weighted by Crippen LogP contribution is -2.60. The smallest absolute Gasteiger partial charge is 0.475 e. The first-order chi connectivity index (χ1) is 15.0. The van der Waals surface area contributed by atoms with Crippen molar-refractivity contribution in [1.29, 1.82) is 0 Å². The van der Waals surface area contributed by atoms with Crippen molar-refractivity contribution in [3.8, 4) is 5.88 Å². The van der Waals surface area contributed by atoms with Crippen molar-refractivity contribution >= 4 is 23.6 Å². The number of ether oxygens (including phenoxy) is 1. The maximum Gasteiger partial charge on any atom is 0.490 e. The van der Waals surface area contributed by atoms with Crippen LogP contribution < -0.4 is 4.74 Å². The number of nitrogens with zero attached hydrogens (tertiary/aromatic N) is 3. The Bertz CT molecular complexity index is 999. The third-order valence-electron chi connectivity index (χ3n) is 4.79. The van der Waals surface area contributed by atoms with Crippen LogP contribution in [0.1, 0.15) is 22.3 Å². The van der Waals surface area contributed by atoms with Crippen LogP contribution in [0.4, 0.5) is 17.6 Å². The lowest BCUT2D eigenvalue weighted by molar-refractivity contribution is -0.192. The van der Waals surface area contributed by atoms with Crippen molar-refractivity contribution in [2.75, 3.05) is 18.8 Å². The van der Waals surface area contributed by atoms with Gasteiger partial charge in [0.2, 0.25) is 0 Å². The van der Waals surface area contributed by atoms with Gasteiger partial charge in [0.1, 0.15) is 6.10 Å². The summed E-state index contributed by atoms with van der Waals surface area (Å²) in [6.07, 6.45) is 0.504. The molecule has 1 amide bonds. The number of aromatic nitrogens is 2. The van der Waals surface area contributed by atoms with E-state index in [0.29, 0.717) is 18.7 Å². The van der Waals surface area contributed by atoms with Crippen LogP contribution >= 0.6 is 11.8 Å². The Kier molecular flexibility index (Phi) is 6.91. The van der Waals surface area contributed by atoms with E-state index < -0.39 is 18.0 Å². The number of aryl methyl sites for hydroxylation is 1. The van der Waals surface area contributed by atoms with Crippen molar-refractivity contribution < 1.29 is 37.0 Å². The summed E-state index contributed by atoms with van der Waals surface area (Å²) in [7, 11) is 0. The third kappa shape index (κ3) is 5.67. The fourth-order valence-electron chi connectivity index (χ4n) is 3.36. The van der Waals surface area contributed by atoms with Gasteiger partial charge >= 0.3 is 12.1 Å². The molecule has 0 saturated carbocycles. The van der Waals surface area contributed by atoms with Gasteiger partial charge in [-0.1, -0.05) is 0 Å². The zero-order valence-electron chi connectivity index (χ0n) is 16.8. The quantitative estimate of drug-likeness (QED) is 0.684. The minimum absolute atomic E-state index is 0.0163. The van der Waals surface area contributed by atoms with Crippen LogP contribution in [0, 0.1) is 12.7 Å². The number of rotatable bonds is 3. The minimum Gasteiger partial charge on any atom is -0.475 e. The summed E-state index contributed by atoms with van der Waals surface area (Å²) in [4.78, 5) is 31.3. The number of hydrogen-bond acceptors (Lipinski definition) is 6. The van der Waals surface area contributed by atoms with Crippen LogP contribution in [0.2, 0.25) is 0 Å². The van der Waals surface area contributed by atoms with E-state index in [0.717, 1.165) is 17.7 Å². The molecule has 1 spiro atoms. The monoisotopic (exact) mass is 473 g/mol. The largest absolute Gasteiger partial charge is 0.490 e. The second-order valence-electron chi connectivity index (χ2n) is 7.44. The molecular weight excluding hydrogens is 454 g/mol. The zero-order valence-corrected chi connectivity index (χ0v) is 17.6. The van der Waals surface area contributed by atoms with Crippen LogP contribution in [0.25, 0.3) is 0 Å². The Morgan fingerprint density at radius 3 is 2.59 bits per heavy atom. The lowest BCUT2D eigenvalue weighted by Gasteiger charge is -2.47. The number of amides is 1. The van der Waals surface area contributed by atoms with Crippen molar-refractivity contribution in [2.45, 2.75) is 30.4 Å². The summed E-state index contributed by atoms with van der Waals surface area (Å²) >= 11 is 1.80. The number of carbonyl (C=O) groups is 2. The molecule has 1 unspecified atom stereocenters. The number of alkyl halides is 3. The number of carbonyl (C=O) groups excluding carboxylic acids is 1. The normalized spacial score (nSPS) is 19.0. The standard InChI is InChI=1S/C18H18FN3O2S.C2HF3O2/c1-12-5-13(8-20-7-12)17(23)22-10-18(11-22)6-14(9-25-18)24-16-15(19)3-2-4-21-16;3-2(4,5)1(6)7/h2-5,7-8,14H,6,9-11H2,1H3;(H,6,7). The highest BCUT2D eigenvalue weighted by molar-refractivity contribution is 8.01. The molecule has 2 aromatic rings. The number of halogens is 4. The maximum absolute atomic E-state index is 13.7. The number of aliphatic carboxylic acids is 1. The van der Waals surface area contributed by atoms with Crippen LogP contribution in [0.5, 0.6) is 5.88 Å². The molecule has 4 heterocycles. The number of carboxylic acid groups (broad SMARTS) is 1. The lowest BCUT2D eigenvalue weighted by atomic mass is 9.92. The molecule has 12 heteroatoms. The number of pyridine rings is 2. The Morgan fingerprint density at radius 1 is 1.31 bits per heavy atom. The van der Waals surface area contributed by atoms with Gasteiger partial charge in [0.05, 0.1) is 10.3 Å². The van der Waals surface area contributed by atoms with Crippen molar-refractivity contribution in [1.82, 2.24) is 14.9 Å². The first-order valence-corrected chi connectivity index (χ1v) is 10.4. The van der Waals surface area contributed by atoms with E-state index in [4.69, 9.17) is 14.6 Å². The van der Waals surface area contributed by atoms with Gasteiger partial charge < -0.3 is 14.7 Å². The first-order valence-electron chi connectivity index (χ1n) is 9.41. The average molecular weight is 473 g/mol.